The fraction of sp³-hybridized carbons (Fsp3) is 0.500. The molecule has 0 bridgehead atoms. The van der Waals surface area contributed by atoms with E-state index < -0.39 is 11.3 Å². The lowest BCUT2D eigenvalue weighted by atomic mass is 9.86. The van der Waals surface area contributed by atoms with Gasteiger partial charge in [0.15, 0.2) is 0 Å². The summed E-state index contributed by atoms with van der Waals surface area (Å²) in [5.74, 6) is -2.75. The molecule has 1 aromatic rings. The third-order valence-corrected chi connectivity index (χ3v) is 3.78. The molecule has 0 nitrogen and oxygen atoms in total. The smallest absolute Gasteiger partial charge is 0.201 e. The predicted octanol–water partition coefficient (Wildman–Crippen LogP) is 4.59. The molecule has 0 heterocycles. The fourth-order valence-corrected chi connectivity index (χ4v) is 1.63. The van der Waals surface area contributed by atoms with E-state index in [4.69, 9.17) is 0 Å². The van der Waals surface area contributed by atoms with E-state index in [0.717, 1.165) is 0 Å². The van der Waals surface area contributed by atoms with Crippen LogP contribution in [0.5, 0.6) is 0 Å². The van der Waals surface area contributed by atoms with E-state index in [-0.39, 0.29) is 12.0 Å². The standard InChI is InChI=1S/C12H15BrF2/c1-11(2,9-13)8-12(14,15)10-6-4-3-5-7-10/h3-7H,8-9H2,1-2H3. The lowest BCUT2D eigenvalue weighted by Crippen LogP contribution is -2.25. The second kappa shape index (κ2) is 4.60. The zero-order chi connectivity index (χ0) is 11.5. The Morgan fingerprint density at radius 2 is 1.67 bits per heavy atom. The van der Waals surface area contributed by atoms with Gasteiger partial charge in [0, 0.05) is 17.3 Å². The topological polar surface area (TPSA) is 0 Å². The average molecular weight is 277 g/mol. The van der Waals surface area contributed by atoms with Gasteiger partial charge in [0.05, 0.1) is 0 Å². The highest BCUT2D eigenvalue weighted by Crippen LogP contribution is 2.40. The third kappa shape index (κ3) is 3.56. The van der Waals surface area contributed by atoms with Crippen molar-refractivity contribution in [3.63, 3.8) is 0 Å². The van der Waals surface area contributed by atoms with Crippen LogP contribution in [0.3, 0.4) is 0 Å². The number of rotatable bonds is 4. The summed E-state index contributed by atoms with van der Waals surface area (Å²) >= 11 is 3.26. The van der Waals surface area contributed by atoms with Crippen molar-refractivity contribution in [2.75, 3.05) is 5.33 Å². The van der Waals surface area contributed by atoms with Gasteiger partial charge >= 0.3 is 0 Å². The Labute approximate surface area is 97.8 Å². The molecule has 1 aromatic carbocycles. The number of hydrogen-bond donors (Lipinski definition) is 0. The number of halogens is 3. The van der Waals surface area contributed by atoms with Gasteiger partial charge in [-0.05, 0) is 5.41 Å². The maximum atomic E-state index is 13.8. The molecule has 0 N–H and O–H groups in total. The minimum absolute atomic E-state index is 0.0963. The van der Waals surface area contributed by atoms with Crippen LogP contribution in [0, 0.1) is 5.41 Å². The van der Waals surface area contributed by atoms with E-state index in [2.05, 4.69) is 15.9 Å². The molecule has 0 aliphatic heterocycles. The van der Waals surface area contributed by atoms with Crippen LogP contribution >= 0.6 is 15.9 Å². The Kier molecular flexibility index (Phi) is 3.87. The van der Waals surface area contributed by atoms with E-state index in [0.29, 0.717) is 5.33 Å². The molecule has 84 valence electrons. The van der Waals surface area contributed by atoms with Crippen LogP contribution in [0.2, 0.25) is 0 Å². The van der Waals surface area contributed by atoms with Crippen LogP contribution in [0.1, 0.15) is 25.8 Å². The molecule has 0 aliphatic rings. The molecule has 0 unspecified atom stereocenters. The van der Waals surface area contributed by atoms with E-state index >= 15 is 0 Å². The van der Waals surface area contributed by atoms with Crippen LogP contribution in [-0.2, 0) is 5.92 Å². The first kappa shape index (κ1) is 12.6. The van der Waals surface area contributed by atoms with Crippen LogP contribution in [-0.4, -0.2) is 5.33 Å². The van der Waals surface area contributed by atoms with Crippen LogP contribution in [0.25, 0.3) is 0 Å². The van der Waals surface area contributed by atoms with Crippen LogP contribution in [0.4, 0.5) is 8.78 Å². The quantitative estimate of drug-likeness (QED) is 0.706. The molecule has 0 atom stereocenters. The third-order valence-electron chi connectivity index (χ3n) is 2.26. The first-order valence-corrected chi connectivity index (χ1v) is 5.99. The van der Waals surface area contributed by atoms with Gasteiger partial charge in [-0.3, -0.25) is 0 Å². The average Bonchev–Trinajstić information content (AvgIpc) is 2.18. The summed E-state index contributed by atoms with van der Waals surface area (Å²) in [5, 5.41) is 0.572. The van der Waals surface area contributed by atoms with E-state index in [1.807, 2.05) is 13.8 Å². The summed E-state index contributed by atoms with van der Waals surface area (Å²) < 4.78 is 27.6. The Bertz CT molecular complexity index is 307. The van der Waals surface area contributed by atoms with E-state index in [9.17, 15) is 8.78 Å². The summed E-state index contributed by atoms with van der Waals surface area (Å²) in [4.78, 5) is 0. The summed E-state index contributed by atoms with van der Waals surface area (Å²) in [6.07, 6.45) is -0.144. The second-order valence-corrected chi connectivity index (χ2v) is 5.11. The lowest BCUT2D eigenvalue weighted by Gasteiger charge is -2.27. The Morgan fingerprint density at radius 1 is 1.13 bits per heavy atom. The molecular formula is C12H15BrF2. The van der Waals surface area contributed by atoms with Gasteiger partial charge in [-0.25, -0.2) is 8.78 Å². The van der Waals surface area contributed by atoms with Crippen molar-refractivity contribution in [2.24, 2.45) is 5.41 Å². The first-order valence-electron chi connectivity index (χ1n) is 4.87. The molecule has 0 radical (unpaired) electrons. The zero-order valence-corrected chi connectivity index (χ0v) is 10.5. The second-order valence-electron chi connectivity index (χ2n) is 4.55. The van der Waals surface area contributed by atoms with Gasteiger partial charge in [0.2, 0.25) is 0 Å². The molecule has 0 fully saturated rings. The van der Waals surface area contributed by atoms with E-state index in [1.165, 1.54) is 12.1 Å². The fourth-order valence-electron chi connectivity index (χ4n) is 1.43. The number of hydrogen-bond acceptors (Lipinski definition) is 0. The summed E-state index contributed by atoms with van der Waals surface area (Å²) in [6, 6.07) is 7.98. The maximum absolute atomic E-state index is 13.8. The van der Waals surface area contributed by atoms with Gasteiger partial charge in [-0.15, -0.1) is 0 Å². The van der Waals surface area contributed by atoms with E-state index in [1.54, 1.807) is 18.2 Å². The highest BCUT2D eigenvalue weighted by atomic mass is 79.9. The molecule has 0 saturated heterocycles. The summed E-state index contributed by atoms with van der Waals surface area (Å²) in [7, 11) is 0. The molecule has 0 saturated carbocycles. The summed E-state index contributed by atoms with van der Waals surface area (Å²) in [5.41, 5.74) is -0.307. The molecule has 0 aliphatic carbocycles. The number of benzene rings is 1. The largest absolute Gasteiger partial charge is 0.273 e. The van der Waals surface area contributed by atoms with Crippen molar-refractivity contribution in [3.05, 3.63) is 35.9 Å². The molecule has 15 heavy (non-hydrogen) atoms. The Morgan fingerprint density at radius 3 is 2.13 bits per heavy atom. The molecule has 3 heteroatoms. The van der Waals surface area contributed by atoms with Crippen molar-refractivity contribution in [2.45, 2.75) is 26.2 Å². The van der Waals surface area contributed by atoms with Crippen LogP contribution < -0.4 is 0 Å². The highest BCUT2D eigenvalue weighted by molar-refractivity contribution is 9.09. The first-order chi connectivity index (χ1) is 6.87. The van der Waals surface area contributed by atoms with Crippen LogP contribution in [0.15, 0.2) is 30.3 Å². The van der Waals surface area contributed by atoms with Crippen molar-refractivity contribution in [1.29, 1.82) is 0 Å². The molecule has 0 amide bonds. The van der Waals surface area contributed by atoms with Gasteiger partial charge in [0.25, 0.3) is 5.92 Å². The predicted molar refractivity (Wildman–Crippen MR) is 62.5 cm³/mol. The highest BCUT2D eigenvalue weighted by Gasteiger charge is 2.37. The van der Waals surface area contributed by atoms with Crippen molar-refractivity contribution >= 4 is 15.9 Å². The molecule has 0 aromatic heterocycles. The molecule has 0 spiro atoms. The van der Waals surface area contributed by atoms with Gasteiger partial charge in [-0.1, -0.05) is 60.1 Å². The molecular weight excluding hydrogens is 262 g/mol. The minimum Gasteiger partial charge on any atom is -0.201 e. The Hall–Kier alpha value is -0.440. The minimum atomic E-state index is -2.75. The monoisotopic (exact) mass is 276 g/mol. The SMILES string of the molecule is CC(C)(CBr)CC(F)(F)c1ccccc1. The van der Waals surface area contributed by atoms with Gasteiger partial charge in [-0.2, -0.15) is 0 Å². The van der Waals surface area contributed by atoms with Gasteiger partial charge in [0.1, 0.15) is 0 Å². The Balaban J connectivity index is 2.85. The lowest BCUT2D eigenvalue weighted by molar-refractivity contribution is -0.0405. The van der Waals surface area contributed by atoms with Crippen molar-refractivity contribution in [1.82, 2.24) is 0 Å². The van der Waals surface area contributed by atoms with Gasteiger partial charge < -0.3 is 0 Å². The number of alkyl halides is 3. The van der Waals surface area contributed by atoms with Crippen molar-refractivity contribution < 1.29 is 8.78 Å². The van der Waals surface area contributed by atoms with Crippen molar-refractivity contribution in [3.8, 4) is 0 Å². The molecule has 1 rings (SSSR count). The normalized spacial score (nSPS) is 12.9. The zero-order valence-electron chi connectivity index (χ0n) is 8.93. The summed E-state index contributed by atoms with van der Waals surface area (Å²) in [6.45, 7) is 3.66. The maximum Gasteiger partial charge on any atom is 0.273 e.